The fraction of sp³-hybridized carbons (Fsp3) is 0.533. The van der Waals surface area contributed by atoms with Crippen LogP contribution in [-0.2, 0) is 16.1 Å². The van der Waals surface area contributed by atoms with Crippen molar-refractivity contribution in [1.82, 2.24) is 4.90 Å². The number of nitrogens with two attached hydrogens (primary N) is 1. The molecule has 1 fully saturated rings. The molecule has 2 rings (SSSR count). The van der Waals surface area contributed by atoms with Gasteiger partial charge in [0.1, 0.15) is 11.3 Å². The number of hydrogen-bond donors (Lipinski definition) is 1. The molecule has 2 N–H and O–H groups in total. The monoisotopic (exact) mass is 346 g/mol. The summed E-state index contributed by atoms with van der Waals surface area (Å²) in [6, 6.07) is 3.44. The molecule has 0 aliphatic carbocycles. The molecule has 0 radical (unpaired) electrons. The maximum absolute atomic E-state index is 12.0. The van der Waals surface area contributed by atoms with Crippen molar-refractivity contribution < 1.29 is 14.3 Å². The maximum atomic E-state index is 12.0. The first-order chi connectivity index (χ1) is 10.4. The summed E-state index contributed by atoms with van der Waals surface area (Å²) in [7, 11) is 3.10. The Kier molecular flexibility index (Phi) is 5.55. The molecule has 0 bridgehead atoms. The van der Waals surface area contributed by atoms with Crippen LogP contribution in [0.4, 0.5) is 0 Å². The number of rotatable bonds is 6. The lowest BCUT2D eigenvalue weighted by Crippen LogP contribution is -2.56. The van der Waals surface area contributed by atoms with Crippen LogP contribution in [-0.4, -0.2) is 43.7 Å². The molecule has 1 aliphatic rings. The van der Waals surface area contributed by atoms with Gasteiger partial charge in [-0.05, 0) is 31.0 Å². The van der Waals surface area contributed by atoms with E-state index in [1.54, 1.807) is 19.2 Å². The Balaban J connectivity index is 2.29. The van der Waals surface area contributed by atoms with Gasteiger partial charge in [-0.25, -0.2) is 0 Å². The van der Waals surface area contributed by atoms with Gasteiger partial charge >= 0.3 is 0 Å². The van der Waals surface area contributed by atoms with Crippen LogP contribution >= 0.6 is 23.2 Å². The number of carbonyl (C=O) groups excluding carboxylic acids is 1. The van der Waals surface area contributed by atoms with Crippen molar-refractivity contribution in [2.24, 2.45) is 5.73 Å². The largest absolute Gasteiger partial charge is 0.495 e. The molecule has 0 aromatic heterocycles. The molecule has 1 aromatic rings. The molecular formula is C15H20Cl2N2O3. The minimum absolute atomic E-state index is 0.268. The summed E-state index contributed by atoms with van der Waals surface area (Å²) in [5.74, 6) is 0.150. The predicted molar refractivity (Wildman–Crippen MR) is 86.5 cm³/mol. The summed E-state index contributed by atoms with van der Waals surface area (Å²) < 4.78 is 10.4. The minimum atomic E-state index is -0.787. The number of hydrogen-bond acceptors (Lipinski definition) is 4. The second-order valence-corrected chi connectivity index (χ2v) is 6.25. The molecule has 1 aromatic carbocycles. The first-order valence-electron chi connectivity index (χ1n) is 7.00. The zero-order valence-electron chi connectivity index (χ0n) is 12.7. The van der Waals surface area contributed by atoms with E-state index in [-0.39, 0.29) is 12.5 Å². The van der Waals surface area contributed by atoms with Gasteiger partial charge in [0.15, 0.2) is 0 Å². The summed E-state index contributed by atoms with van der Waals surface area (Å²) in [6.45, 7) is 1.50. The van der Waals surface area contributed by atoms with Gasteiger partial charge in [0.05, 0.1) is 18.7 Å². The first kappa shape index (κ1) is 17.3. The minimum Gasteiger partial charge on any atom is -0.495 e. The van der Waals surface area contributed by atoms with Crippen LogP contribution in [0, 0.1) is 0 Å². The van der Waals surface area contributed by atoms with E-state index in [0.29, 0.717) is 28.8 Å². The van der Waals surface area contributed by atoms with Gasteiger partial charge in [0.2, 0.25) is 5.91 Å². The average molecular weight is 347 g/mol. The molecule has 7 heteroatoms. The Morgan fingerprint density at radius 1 is 1.36 bits per heavy atom. The van der Waals surface area contributed by atoms with Crippen LogP contribution in [0.5, 0.6) is 5.75 Å². The van der Waals surface area contributed by atoms with Crippen LogP contribution in [0.2, 0.25) is 10.0 Å². The van der Waals surface area contributed by atoms with E-state index in [2.05, 4.69) is 0 Å². The highest BCUT2D eigenvalue weighted by atomic mass is 35.5. The molecule has 1 aliphatic heterocycles. The fourth-order valence-electron chi connectivity index (χ4n) is 2.97. The summed E-state index contributed by atoms with van der Waals surface area (Å²) in [4.78, 5) is 14.0. The second kappa shape index (κ2) is 7.04. The third-order valence-corrected chi connectivity index (χ3v) is 4.79. The van der Waals surface area contributed by atoms with Gasteiger partial charge in [-0.2, -0.15) is 0 Å². The normalized spacial score (nSPS) is 22.0. The van der Waals surface area contributed by atoms with E-state index in [1.165, 1.54) is 7.11 Å². The highest BCUT2D eigenvalue weighted by molar-refractivity contribution is 6.34. The van der Waals surface area contributed by atoms with Crippen LogP contribution in [0.15, 0.2) is 12.1 Å². The molecular weight excluding hydrogens is 327 g/mol. The number of halogens is 2. The van der Waals surface area contributed by atoms with Gasteiger partial charge in [0, 0.05) is 24.7 Å². The third kappa shape index (κ3) is 3.18. The molecule has 1 saturated heterocycles. The maximum Gasteiger partial charge on any atom is 0.240 e. The van der Waals surface area contributed by atoms with Crippen molar-refractivity contribution in [3.05, 3.63) is 27.7 Å². The number of methoxy groups -OCH3 is 2. The smallest absolute Gasteiger partial charge is 0.240 e. The number of benzene rings is 1. The average Bonchev–Trinajstić information content (AvgIpc) is 2.87. The third-order valence-electron chi connectivity index (χ3n) is 4.15. The van der Waals surface area contributed by atoms with E-state index in [0.717, 1.165) is 18.5 Å². The summed E-state index contributed by atoms with van der Waals surface area (Å²) in [5, 5.41) is 1.03. The summed E-state index contributed by atoms with van der Waals surface area (Å²) in [5.41, 5.74) is 5.68. The molecule has 122 valence electrons. The highest BCUT2D eigenvalue weighted by Gasteiger charge is 2.46. The van der Waals surface area contributed by atoms with E-state index < -0.39 is 5.54 Å². The highest BCUT2D eigenvalue weighted by Crippen LogP contribution is 2.35. The van der Waals surface area contributed by atoms with E-state index >= 15 is 0 Å². The van der Waals surface area contributed by atoms with Crippen molar-refractivity contribution in [2.75, 3.05) is 27.4 Å². The van der Waals surface area contributed by atoms with Gasteiger partial charge in [-0.15, -0.1) is 0 Å². The number of amides is 1. The fourth-order valence-corrected chi connectivity index (χ4v) is 3.45. The first-order valence-corrected chi connectivity index (χ1v) is 7.76. The topological polar surface area (TPSA) is 64.8 Å². The lowest BCUT2D eigenvalue weighted by Gasteiger charge is -2.35. The standard InChI is InChI=1S/C15H20Cl2N2O3/c1-21-9-15(14(18)20)4-3-5-19(15)8-10-6-12(17)13(22-2)7-11(10)16/h6-7H,3-5,8-9H2,1-2H3,(H2,18,20). The van der Waals surface area contributed by atoms with Crippen LogP contribution in [0.3, 0.4) is 0 Å². The van der Waals surface area contributed by atoms with Crippen LogP contribution < -0.4 is 10.5 Å². The van der Waals surface area contributed by atoms with Gasteiger partial charge in [0.25, 0.3) is 0 Å². The molecule has 1 unspecified atom stereocenters. The van der Waals surface area contributed by atoms with E-state index in [4.69, 9.17) is 38.4 Å². The molecule has 1 heterocycles. The summed E-state index contributed by atoms with van der Waals surface area (Å²) in [6.07, 6.45) is 1.56. The Hall–Kier alpha value is -1.01. The summed E-state index contributed by atoms with van der Waals surface area (Å²) >= 11 is 12.5. The zero-order valence-corrected chi connectivity index (χ0v) is 14.2. The molecule has 22 heavy (non-hydrogen) atoms. The van der Waals surface area contributed by atoms with E-state index in [1.807, 2.05) is 4.90 Å². The second-order valence-electron chi connectivity index (χ2n) is 5.43. The number of ether oxygens (including phenoxy) is 2. The SMILES string of the molecule is COCC1(C(N)=O)CCCN1Cc1cc(Cl)c(OC)cc1Cl. The van der Waals surface area contributed by atoms with Gasteiger partial charge in [-0.1, -0.05) is 23.2 Å². The Labute approximate surface area is 140 Å². The molecule has 5 nitrogen and oxygen atoms in total. The van der Waals surface area contributed by atoms with Gasteiger partial charge in [-0.3, -0.25) is 9.69 Å². The number of nitrogens with zero attached hydrogens (tertiary/aromatic N) is 1. The zero-order chi connectivity index (χ0) is 16.3. The van der Waals surface area contributed by atoms with Crippen LogP contribution in [0.1, 0.15) is 18.4 Å². The Morgan fingerprint density at radius 2 is 2.09 bits per heavy atom. The molecule has 1 amide bonds. The number of likely N-dealkylation sites (tertiary alicyclic amines) is 1. The van der Waals surface area contributed by atoms with Crippen LogP contribution in [0.25, 0.3) is 0 Å². The molecule has 0 saturated carbocycles. The lowest BCUT2D eigenvalue weighted by molar-refractivity contribution is -0.132. The quantitative estimate of drug-likeness (QED) is 0.859. The number of carbonyl (C=O) groups is 1. The number of primary amides is 1. The lowest BCUT2D eigenvalue weighted by atomic mass is 9.95. The Bertz CT molecular complexity index is 568. The Morgan fingerprint density at radius 3 is 2.68 bits per heavy atom. The van der Waals surface area contributed by atoms with Crippen molar-refractivity contribution in [2.45, 2.75) is 24.9 Å². The predicted octanol–water partition coefficient (Wildman–Crippen LogP) is 2.47. The molecule has 0 spiro atoms. The van der Waals surface area contributed by atoms with E-state index in [9.17, 15) is 4.79 Å². The molecule has 1 atom stereocenters. The van der Waals surface area contributed by atoms with Crippen molar-refractivity contribution in [3.8, 4) is 5.75 Å². The van der Waals surface area contributed by atoms with Crippen molar-refractivity contribution in [3.63, 3.8) is 0 Å². The van der Waals surface area contributed by atoms with Gasteiger partial charge < -0.3 is 15.2 Å². The van der Waals surface area contributed by atoms with Crippen molar-refractivity contribution in [1.29, 1.82) is 0 Å². The van der Waals surface area contributed by atoms with Crippen molar-refractivity contribution >= 4 is 29.1 Å².